The first-order chi connectivity index (χ1) is 16.3. The Hall–Kier alpha value is -3.63. The molecule has 0 saturated carbocycles. The summed E-state index contributed by atoms with van der Waals surface area (Å²) in [7, 11) is 0. The second-order valence-electron chi connectivity index (χ2n) is 8.17. The third-order valence-electron chi connectivity index (χ3n) is 5.71. The van der Waals surface area contributed by atoms with Crippen LogP contribution in [0, 0.1) is 11.3 Å². The third kappa shape index (κ3) is 5.29. The number of Topliss-reactive ketones (excluding diaryl/α,β-unsaturated/α-hetero) is 1. The number of carbonyl (C=O) groups excluding carboxylic acids is 2. The van der Waals surface area contributed by atoms with Crippen LogP contribution in [0.3, 0.4) is 0 Å². The lowest BCUT2D eigenvalue weighted by atomic mass is 10.00. The topological polar surface area (TPSA) is 74.1 Å². The van der Waals surface area contributed by atoms with E-state index in [2.05, 4.69) is 4.98 Å². The Labute approximate surface area is 200 Å². The number of hydrogen-bond acceptors (Lipinski definition) is 4. The molecule has 0 N–H and O–H groups in total. The van der Waals surface area contributed by atoms with E-state index in [0.29, 0.717) is 21.5 Å². The molecule has 1 saturated heterocycles. The molecule has 2 heterocycles. The SMILES string of the molecule is N#C[C@@H]1CC(F)(F)CN1C(=O)CCC(=O)c1ccnc2ccc(/C=C/c3ccc(Cl)cc3)cc12. The van der Waals surface area contributed by atoms with Gasteiger partial charge in [-0.05, 0) is 41.5 Å². The molecule has 0 aliphatic carbocycles. The van der Waals surface area contributed by atoms with Crippen LogP contribution in [-0.4, -0.2) is 40.1 Å². The van der Waals surface area contributed by atoms with Crippen molar-refractivity contribution < 1.29 is 18.4 Å². The molecule has 0 unspecified atom stereocenters. The molecule has 2 aromatic carbocycles. The number of benzene rings is 2. The Bertz CT molecular complexity index is 1320. The molecule has 5 nitrogen and oxygen atoms in total. The van der Waals surface area contributed by atoms with Gasteiger partial charge in [0.2, 0.25) is 5.91 Å². The van der Waals surface area contributed by atoms with Crippen molar-refractivity contribution in [3.05, 3.63) is 76.4 Å². The molecule has 1 aliphatic rings. The summed E-state index contributed by atoms with van der Waals surface area (Å²) in [6.45, 7) is -0.792. The number of ketones is 1. The first kappa shape index (κ1) is 23.5. The largest absolute Gasteiger partial charge is 0.320 e. The number of rotatable bonds is 6. The summed E-state index contributed by atoms with van der Waals surface area (Å²) in [5, 5.41) is 10.4. The zero-order valence-corrected chi connectivity index (χ0v) is 18.8. The standard InChI is InChI=1S/C26H20ClF2N3O2/c27-19-6-3-17(4-7-19)1-2-18-5-8-23-22(13-18)21(11-12-31-23)24(33)9-10-25(34)32-16-26(28,29)14-20(32)15-30/h1-8,11-13,20H,9-10,14,16H2/b2-1+/t20-/m0/s1. The van der Waals surface area contributed by atoms with Gasteiger partial charge < -0.3 is 4.90 Å². The molecule has 1 fully saturated rings. The molecule has 1 aliphatic heterocycles. The zero-order valence-electron chi connectivity index (χ0n) is 18.0. The van der Waals surface area contributed by atoms with Crippen LogP contribution in [0.2, 0.25) is 5.02 Å². The van der Waals surface area contributed by atoms with E-state index >= 15 is 0 Å². The molecule has 0 radical (unpaired) electrons. The van der Waals surface area contributed by atoms with Gasteiger partial charge in [0, 0.05) is 41.4 Å². The van der Waals surface area contributed by atoms with Crippen molar-refractivity contribution >= 4 is 46.3 Å². The fourth-order valence-corrected chi connectivity index (χ4v) is 4.10. The van der Waals surface area contributed by atoms with Gasteiger partial charge in [-0.2, -0.15) is 5.26 Å². The van der Waals surface area contributed by atoms with Gasteiger partial charge in [-0.15, -0.1) is 0 Å². The highest BCUT2D eigenvalue weighted by molar-refractivity contribution is 6.30. The minimum atomic E-state index is -3.09. The molecule has 1 amide bonds. The van der Waals surface area contributed by atoms with Crippen molar-refractivity contribution in [1.29, 1.82) is 5.26 Å². The summed E-state index contributed by atoms with van der Waals surface area (Å²) in [5.41, 5.74) is 2.86. The number of amides is 1. The monoisotopic (exact) mass is 479 g/mol. The number of hydrogen-bond donors (Lipinski definition) is 0. The molecule has 34 heavy (non-hydrogen) atoms. The second kappa shape index (κ2) is 9.70. The zero-order chi connectivity index (χ0) is 24.3. The smallest absolute Gasteiger partial charge is 0.268 e. The van der Waals surface area contributed by atoms with Gasteiger partial charge in [0.1, 0.15) is 6.04 Å². The van der Waals surface area contributed by atoms with Crippen molar-refractivity contribution in [3.63, 3.8) is 0 Å². The molecular weight excluding hydrogens is 460 g/mol. The van der Waals surface area contributed by atoms with E-state index < -0.39 is 30.8 Å². The van der Waals surface area contributed by atoms with E-state index in [9.17, 15) is 18.4 Å². The fourth-order valence-electron chi connectivity index (χ4n) is 3.97. The molecule has 1 aromatic heterocycles. The highest BCUT2D eigenvalue weighted by Gasteiger charge is 2.47. The molecule has 0 bridgehead atoms. The first-order valence-corrected chi connectivity index (χ1v) is 11.1. The average molecular weight is 480 g/mol. The highest BCUT2D eigenvalue weighted by Crippen LogP contribution is 2.32. The highest BCUT2D eigenvalue weighted by atomic mass is 35.5. The van der Waals surface area contributed by atoms with E-state index in [4.69, 9.17) is 16.9 Å². The number of alkyl halides is 2. The van der Waals surface area contributed by atoms with Crippen LogP contribution >= 0.6 is 11.6 Å². The minimum Gasteiger partial charge on any atom is -0.320 e. The lowest BCUT2D eigenvalue weighted by molar-refractivity contribution is -0.132. The Morgan fingerprint density at radius 3 is 2.56 bits per heavy atom. The summed E-state index contributed by atoms with van der Waals surface area (Å²) in [4.78, 5) is 30.6. The Balaban J connectivity index is 1.50. The van der Waals surface area contributed by atoms with Crippen LogP contribution in [0.5, 0.6) is 0 Å². The van der Waals surface area contributed by atoms with Crippen molar-refractivity contribution in [2.75, 3.05) is 6.54 Å². The quantitative estimate of drug-likeness (QED) is 0.332. The lowest BCUT2D eigenvalue weighted by Crippen LogP contribution is -2.36. The van der Waals surface area contributed by atoms with Crippen LogP contribution in [0.1, 0.15) is 40.7 Å². The third-order valence-corrected chi connectivity index (χ3v) is 5.96. The van der Waals surface area contributed by atoms with Crippen molar-refractivity contribution in [1.82, 2.24) is 9.88 Å². The van der Waals surface area contributed by atoms with E-state index in [1.165, 1.54) is 6.20 Å². The van der Waals surface area contributed by atoms with E-state index in [0.717, 1.165) is 16.0 Å². The van der Waals surface area contributed by atoms with Crippen LogP contribution < -0.4 is 0 Å². The maximum absolute atomic E-state index is 13.6. The number of likely N-dealkylation sites (tertiary alicyclic amines) is 1. The molecular formula is C26H20ClF2N3O2. The van der Waals surface area contributed by atoms with Crippen LogP contribution in [0.25, 0.3) is 23.1 Å². The lowest BCUT2D eigenvalue weighted by Gasteiger charge is -2.18. The maximum Gasteiger partial charge on any atom is 0.268 e. The summed E-state index contributed by atoms with van der Waals surface area (Å²) in [6.07, 6.45) is 4.28. The molecule has 3 aromatic rings. The van der Waals surface area contributed by atoms with Crippen molar-refractivity contribution in [3.8, 4) is 6.07 Å². The first-order valence-electron chi connectivity index (χ1n) is 10.7. The molecule has 1 atom stereocenters. The van der Waals surface area contributed by atoms with Gasteiger partial charge in [-0.1, -0.05) is 42.0 Å². The predicted octanol–water partition coefficient (Wildman–Crippen LogP) is 5.78. The maximum atomic E-state index is 13.6. The second-order valence-corrected chi connectivity index (χ2v) is 8.61. The normalized spacial score (nSPS) is 17.2. The van der Waals surface area contributed by atoms with Crippen LogP contribution in [-0.2, 0) is 4.79 Å². The Kier molecular flexibility index (Phi) is 6.71. The summed E-state index contributed by atoms with van der Waals surface area (Å²) in [5.74, 6) is -4.00. The number of nitrogens with zero attached hydrogens (tertiary/aromatic N) is 3. The number of nitriles is 1. The van der Waals surface area contributed by atoms with Gasteiger partial charge in [-0.25, -0.2) is 8.78 Å². The van der Waals surface area contributed by atoms with Crippen LogP contribution in [0.4, 0.5) is 8.78 Å². The van der Waals surface area contributed by atoms with Gasteiger partial charge in [0.25, 0.3) is 5.92 Å². The van der Waals surface area contributed by atoms with E-state index in [1.807, 2.05) is 42.5 Å². The number of pyridine rings is 1. The van der Waals surface area contributed by atoms with E-state index in [1.54, 1.807) is 24.3 Å². The van der Waals surface area contributed by atoms with Crippen molar-refractivity contribution in [2.24, 2.45) is 0 Å². The number of aromatic nitrogens is 1. The van der Waals surface area contributed by atoms with Gasteiger partial charge in [-0.3, -0.25) is 14.6 Å². The average Bonchev–Trinajstić information content (AvgIpc) is 3.16. The number of carbonyl (C=O) groups is 2. The Morgan fingerprint density at radius 2 is 1.82 bits per heavy atom. The molecule has 4 rings (SSSR count). The van der Waals surface area contributed by atoms with Gasteiger partial charge in [0.15, 0.2) is 5.78 Å². The van der Waals surface area contributed by atoms with Gasteiger partial charge in [0.05, 0.1) is 18.1 Å². The van der Waals surface area contributed by atoms with Gasteiger partial charge >= 0.3 is 0 Å². The number of fused-ring (bicyclic) bond motifs is 1. The summed E-state index contributed by atoms with van der Waals surface area (Å²) in [6, 6.07) is 15.1. The predicted molar refractivity (Wildman–Crippen MR) is 126 cm³/mol. The summed E-state index contributed by atoms with van der Waals surface area (Å²) < 4.78 is 27.3. The molecule has 8 heteroatoms. The molecule has 172 valence electrons. The van der Waals surface area contributed by atoms with E-state index in [-0.39, 0.29) is 18.6 Å². The van der Waals surface area contributed by atoms with Crippen LogP contribution in [0.15, 0.2) is 54.7 Å². The Morgan fingerprint density at radius 1 is 1.12 bits per heavy atom. The molecule has 0 spiro atoms. The minimum absolute atomic E-state index is 0.150. The number of halogens is 3. The fraction of sp³-hybridized carbons (Fsp3) is 0.231. The van der Waals surface area contributed by atoms with Crippen molar-refractivity contribution in [2.45, 2.75) is 31.2 Å². The summed E-state index contributed by atoms with van der Waals surface area (Å²) >= 11 is 5.92.